The van der Waals surface area contributed by atoms with Crippen molar-refractivity contribution in [3.05, 3.63) is 83.2 Å². The number of hydrogen-bond acceptors (Lipinski definition) is 6. The number of aromatic nitrogens is 1. The third kappa shape index (κ3) is 5.53. The monoisotopic (exact) mass is 486 g/mol. The molecule has 0 aliphatic rings. The summed E-state index contributed by atoms with van der Waals surface area (Å²) < 4.78 is 16.0. The Kier molecular flexibility index (Phi) is 7.48. The number of thiazole rings is 1. The second-order valence-corrected chi connectivity index (χ2v) is 8.57. The summed E-state index contributed by atoms with van der Waals surface area (Å²) >= 11 is 1.62. The van der Waals surface area contributed by atoms with Gasteiger partial charge in [0.1, 0.15) is 5.01 Å². The molecule has 35 heavy (non-hydrogen) atoms. The standard InChI is InChI=1S/C28H26N2O4S/c1-18-7-5-6-8-22(18)28-30-23(17-35-28)20-10-12-21(13-11-20)29-26(31)14-9-19-15-24(32-2)27(34-4)25(16-19)33-3/h5-17H,1-4H3,(H,29,31)/b14-9+. The average Bonchev–Trinajstić information content (AvgIpc) is 3.37. The van der Waals surface area contributed by atoms with E-state index < -0.39 is 0 Å². The Morgan fingerprint density at radius 1 is 0.943 bits per heavy atom. The zero-order valence-electron chi connectivity index (χ0n) is 20.0. The minimum Gasteiger partial charge on any atom is -0.493 e. The van der Waals surface area contributed by atoms with E-state index in [4.69, 9.17) is 19.2 Å². The fraction of sp³-hybridized carbons (Fsp3) is 0.143. The molecule has 0 radical (unpaired) electrons. The van der Waals surface area contributed by atoms with Crippen molar-refractivity contribution >= 4 is 29.0 Å². The molecule has 0 atom stereocenters. The van der Waals surface area contributed by atoms with Crippen molar-refractivity contribution in [1.82, 2.24) is 4.98 Å². The van der Waals surface area contributed by atoms with Gasteiger partial charge in [-0.2, -0.15) is 0 Å². The Balaban J connectivity index is 1.44. The third-order valence-electron chi connectivity index (χ3n) is 5.44. The van der Waals surface area contributed by atoms with E-state index in [9.17, 15) is 4.79 Å². The summed E-state index contributed by atoms with van der Waals surface area (Å²) in [6.07, 6.45) is 3.15. The van der Waals surface area contributed by atoms with Crippen LogP contribution in [0.3, 0.4) is 0 Å². The van der Waals surface area contributed by atoms with E-state index in [1.807, 2.05) is 36.4 Å². The summed E-state index contributed by atoms with van der Waals surface area (Å²) in [5, 5.41) is 5.92. The van der Waals surface area contributed by atoms with Gasteiger partial charge in [0.2, 0.25) is 11.7 Å². The smallest absolute Gasteiger partial charge is 0.248 e. The van der Waals surface area contributed by atoms with E-state index in [1.165, 1.54) is 11.6 Å². The van der Waals surface area contributed by atoms with Gasteiger partial charge < -0.3 is 19.5 Å². The van der Waals surface area contributed by atoms with E-state index >= 15 is 0 Å². The van der Waals surface area contributed by atoms with Gasteiger partial charge in [0.25, 0.3) is 0 Å². The van der Waals surface area contributed by atoms with E-state index in [-0.39, 0.29) is 5.91 Å². The number of benzene rings is 3. The lowest BCUT2D eigenvalue weighted by molar-refractivity contribution is -0.111. The van der Waals surface area contributed by atoms with Crippen LogP contribution >= 0.6 is 11.3 Å². The third-order valence-corrected chi connectivity index (χ3v) is 6.32. The lowest BCUT2D eigenvalue weighted by atomic mass is 10.1. The van der Waals surface area contributed by atoms with E-state index in [0.717, 1.165) is 27.4 Å². The van der Waals surface area contributed by atoms with Crippen molar-refractivity contribution in [3.63, 3.8) is 0 Å². The van der Waals surface area contributed by atoms with E-state index in [2.05, 4.69) is 29.8 Å². The Morgan fingerprint density at radius 3 is 2.26 bits per heavy atom. The van der Waals surface area contributed by atoms with Gasteiger partial charge in [-0.05, 0) is 48.4 Å². The molecule has 0 bridgehead atoms. The molecule has 0 saturated carbocycles. The molecule has 4 rings (SSSR count). The van der Waals surface area contributed by atoms with Crippen LogP contribution in [0.1, 0.15) is 11.1 Å². The maximum absolute atomic E-state index is 12.5. The van der Waals surface area contributed by atoms with Crippen LogP contribution in [-0.4, -0.2) is 32.2 Å². The maximum atomic E-state index is 12.5. The first-order chi connectivity index (χ1) is 17.0. The number of nitrogens with one attached hydrogen (secondary N) is 1. The van der Waals surface area contributed by atoms with Crippen LogP contribution in [0.15, 0.2) is 72.1 Å². The highest BCUT2D eigenvalue weighted by Crippen LogP contribution is 2.38. The largest absolute Gasteiger partial charge is 0.493 e. The predicted molar refractivity (Wildman–Crippen MR) is 141 cm³/mol. The zero-order chi connectivity index (χ0) is 24.8. The zero-order valence-corrected chi connectivity index (χ0v) is 20.8. The normalized spacial score (nSPS) is 10.9. The molecule has 3 aromatic carbocycles. The molecule has 1 aromatic heterocycles. The maximum Gasteiger partial charge on any atom is 0.248 e. The summed E-state index contributed by atoms with van der Waals surface area (Å²) in [6.45, 7) is 2.09. The van der Waals surface area contributed by atoms with Crippen molar-refractivity contribution in [2.75, 3.05) is 26.6 Å². The summed E-state index contributed by atoms with van der Waals surface area (Å²) in [7, 11) is 4.65. The molecule has 1 heterocycles. The first-order valence-corrected chi connectivity index (χ1v) is 11.8. The summed E-state index contributed by atoms with van der Waals surface area (Å²) in [5.41, 5.74) is 5.69. The molecule has 0 aliphatic heterocycles. The predicted octanol–water partition coefficient (Wildman–Crippen LogP) is 6.46. The van der Waals surface area contributed by atoms with Crippen LogP contribution in [0.2, 0.25) is 0 Å². The number of aryl methyl sites for hydroxylation is 1. The summed E-state index contributed by atoms with van der Waals surface area (Å²) in [4.78, 5) is 17.3. The quantitative estimate of drug-likeness (QED) is 0.289. The molecule has 1 amide bonds. The number of anilines is 1. The van der Waals surface area contributed by atoms with Gasteiger partial charge in [0, 0.05) is 28.3 Å². The van der Waals surface area contributed by atoms with Crippen molar-refractivity contribution in [2.45, 2.75) is 6.92 Å². The second-order valence-electron chi connectivity index (χ2n) is 7.71. The number of nitrogens with zero attached hydrogens (tertiary/aromatic N) is 1. The summed E-state index contributed by atoms with van der Waals surface area (Å²) in [6, 6.07) is 19.4. The van der Waals surface area contributed by atoms with Crippen molar-refractivity contribution < 1.29 is 19.0 Å². The number of carbonyl (C=O) groups excluding carboxylic acids is 1. The van der Waals surface area contributed by atoms with E-state index in [0.29, 0.717) is 22.9 Å². The van der Waals surface area contributed by atoms with Gasteiger partial charge in [0.05, 0.1) is 27.0 Å². The number of amides is 1. The molecule has 0 saturated heterocycles. The highest BCUT2D eigenvalue weighted by molar-refractivity contribution is 7.13. The van der Waals surface area contributed by atoms with Gasteiger partial charge in [-0.15, -0.1) is 11.3 Å². The first kappa shape index (κ1) is 24.0. The number of methoxy groups -OCH3 is 3. The number of hydrogen-bond donors (Lipinski definition) is 1. The minimum absolute atomic E-state index is 0.248. The van der Waals surface area contributed by atoms with Gasteiger partial charge in [-0.25, -0.2) is 4.98 Å². The fourth-order valence-electron chi connectivity index (χ4n) is 3.62. The van der Waals surface area contributed by atoms with Crippen LogP contribution in [0.4, 0.5) is 5.69 Å². The molecule has 178 valence electrons. The minimum atomic E-state index is -0.248. The number of rotatable bonds is 8. The Bertz CT molecular complexity index is 1330. The molecule has 4 aromatic rings. The molecular weight excluding hydrogens is 460 g/mol. The highest BCUT2D eigenvalue weighted by atomic mass is 32.1. The van der Waals surface area contributed by atoms with Crippen molar-refractivity contribution in [1.29, 1.82) is 0 Å². The van der Waals surface area contributed by atoms with Crippen molar-refractivity contribution in [2.24, 2.45) is 0 Å². The SMILES string of the molecule is COc1cc(/C=C/C(=O)Nc2ccc(-c3csc(-c4ccccc4C)n3)cc2)cc(OC)c1OC. The molecule has 7 heteroatoms. The lowest BCUT2D eigenvalue weighted by Gasteiger charge is -2.12. The van der Waals surface area contributed by atoms with Crippen LogP contribution in [-0.2, 0) is 4.79 Å². The van der Waals surface area contributed by atoms with Gasteiger partial charge >= 0.3 is 0 Å². The van der Waals surface area contributed by atoms with Crippen LogP contribution in [0.25, 0.3) is 27.9 Å². The van der Waals surface area contributed by atoms with Crippen molar-refractivity contribution in [3.8, 4) is 39.1 Å². The molecule has 0 unspecified atom stereocenters. The molecular formula is C28H26N2O4S. The molecule has 0 fully saturated rings. The molecule has 0 spiro atoms. The highest BCUT2D eigenvalue weighted by Gasteiger charge is 2.12. The lowest BCUT2D eigenvalue weighted by Crippen LogP contribution is -2.07. The molecule has 1 N–H and O–H groups in total. The van der Waals surface area contributed by atoms with Gasteiger partial charge in [0.15, 0.2) is 11.5 Å². The number of carbonyl (C=O) groups is 1. The van der Waals surface area contributed by atoms with E-state index in [1.54, 1.807) is 50.9 Å². The van der Waals surface area contributed by atoms with Gasteiger partial charge in [-0.3, -0.25) is 4.79 Å². The number of ether oxygens (including phenoxy) is 3. The Hall–Kier alpha value is -4.10. The van der Waals surface area contributed by atoms with Crippen LogP contribution in [0, 0.1) is 6.92 Å². The molecule has 0 aliphatic carbocycles. The second kappa shape index (κ2) is 10.9. The topological polar surface area (TPSA) is 69.7 Å². The Labute approximate surface area is 208 Å². The van der Waals surface area contributed by atoms with Gasteiger partial charge in [-0.1, -0.05) is 36.4 Å². The van der Waals surface area contributed by atoms with Crippen LogP contribution < -0.4 is 19.5 Å². The average molecular weight is 487 g/mol. The Morgan fingerprint density at radius 2 is 1.63 bits per heavy atom. The molecule has 6 nitrogen and oxygen atoms in total. The fourth-order valence-corrected chi connectivity index (χ4v) is 4.54. The van der Waals surface area contributed by atoms with Crippen LogP contribution in [0.5, 0.6) is 17.2 Å². The first-order valence-electron chi connectivity index (χ1n) is 10.9. The summed E-state index contributed by atoms with van der Waals surface area (Å²) in [5.74, 6) is 1.30.